The van der Waals surface area contributed by atoms with E-state index >= 15 is 0 Å². The number of carbonyl (C=O) groups is 1. The maximum atomic E-state index is 12.0. The Kier molecular flexibility index (Phi) is 6.58. The predicted octanol–water partition coefficient (Wildman–Crippen LogP) is 5.62. The Morgan fingerprint density at radius 3 is 2.33 bits per heavy atom. The highest BCUT2D eigenvalue weighted by Crippen LogP contribution is 2.26. The Hall–Kier alpha value is -2.69. The maximum Gasteiger partial charge on any atom is 0.262 e. The topological polar surface area (TPSA) is 50.4 Å². The summed E-state index contributed by atoms with van der Waals surface area (Å²) >= 11 is 12.1. The lowest BCUT2D eigenvalue weighted by Crippen LogP contribution is -2.20. The number of para-hydroxylation sites is 1. The zero-order chi connectivity index (χ0) is 19.1. The summed E-state index contributed by atoms with van der Waals surface area (Å²) in [7, 11) is 0. The third-order valence-corrected chi connectivity index (χ3v) is 4.30. The van der Waals surface area contributed by atoms with Crippen molar-refractivity contribution in [2.75, 3.05) is 17.2 Å². The van der Waals surface area contributed by atoms with E-state index in [9.17, 15) is 4.79 Å². The Morgan fingerprint density at radius 2 is 1.63 bits per heavy atom. The number of nitrogens with one attached hydrogen (secondary N) is 2. The molecule has 0 unspecified atom stereocenters. The van der Waals surface area contributed by atoms with Gasteiger partial charge in [-0.2, -0.15) is 0 Å². The third kappa shape index (κ3) is 5.91. The molecule has 0 saturated heterocycles. The minimum Gasteiger partial charge on any atom is -0.482 e. The molecule has 2 N–H and O–H groups in total. The lowest BCUT2D eigenvalue weighted by molar-refractivity contribution is -0.118. The van der Waals surface area contributed by atoms with Crippen molar-refractivity contribution in [1.29, 1.82) is 0 Å². The van der Waals surface area contributed by atoms with Gasteiger partial charge in [-0.15, -0.1) is 0 Å². The number of rotatable bonds is 7. The molecule has 0 aliphatic rings. The summed E-state index contributed by atoms with van der Waals surface area (Å²) in [5.41, 5.74) is 2.70. The molecule has 0 spiro atoms. The number of carbonyl (C=O) groups excluding carboxylic acids is 1. The van der Waals surface area contributed by atoms with Gasteiger partial charge in [0.05, 0.1) is 5.02 Å². The molecule has 0 aromatic heterocycles. The van der Waals surface area contributed by atoms with E-state index in [1.54, 1.807) is 30.3 Å². The number of halogens is 2. The predicted molar refractivity (Wildman–Crippen MR) is 111 cm³/mol. The quantitative estimate of drug-likeness (QED) is 0.540. The van der Waals surface area contributed by atoms with Crippen LogP contribution in [0.2, 0.25) is 10.0 Å². The van der Waals surface area contributed by atoms with Crippen molar-refractivity contribution in [2.24, 2.45) is 0 Å². The second-order valence-electron chi connectivity index (χ2n) is 5.83. The smallest absolute Gasteiger partial charge is 0.262 e. The average molecular weight is 401 g/mol. The standard InChI is InChI=1S/C21H18Cl2N2O2/c22-16-7-9-18(10-8-16)25-21(26)14-27-20-11-6-15(12-19(20)23)13-24-17-4-2-1-3-5-17/h1-12,24H,13-14H2,(H,25,26). The first-order valence-electron chi connectivity index (χ1n) is 8.36. The second-order valence-corrected chi connectivity index (χ2v) is 6.67. The van der Waals surface area contributed by atoms with Gasteiger partial charge in [0.1, 0.15) is 5.75 Å². The van der Waals surface area contributed by atoms with E-state index in [0.717, 1.165) is 11.3 Å². The molecule has 0 atom stereocenters. The van der Waals surface area contributed by atoms with Crippen LogP contribution in [0.3, 0.4) is 0 Å². The highest BCUT2D eigenvalue weighted by Gasteiger charge is 2.07. The number of hydrogen-bond donors (Lipinski definition) is 2. The van der Waals surface area contributed by atoms with E-state index < -0.39 is 0 Å². The zero-order valence-electron chi connectivity index (χ0n) is 14.4. The molecule has 0 bridgehead atoms. The molecular formula is C21H18Cl2N2O2. The molecule has 0 aliphatic heterocycles. The first-order chi connectivity index (χ1) is 13.1. The molecule has 0 heterocycles. The molecule has 0 aliphatic carbocycles. The van der Waals surface area contributed by atoms with Crippen molar-refractivity contribution in [3.05, 3.63) is 88.4 Å². The van der Waals surface area contributed by atoms with Gasteiger partial charge >= 0.3 is 0 Å². The van der Waals surface area contributed by atoms with E-state index in [4.69, 9.17) is 27.9 Å². The van der Waals surface area contributed by atoms with E-state index in [-0.39, 0.29) is 12.5 Å². The van der Waals surface area contributed by atoms with Gasteiger partial charge in [0.2, 0.25) is 0 Å². The summed E-state index contributed by atoms with van der Waals surface area (Å²) in [5.74, 6) is 0.189. The first-order valence-corrected chi connectivity index (χ1v) is 9.11. The van der Waals surface area contributed by atoms with E-state index in [2.05, 4.69) is 10.6 Å². The molecule has 3 aromatic rings. The second kappa shape index (κ2) is 9.31. The molecule has 0 saturated carbocycles. The lowest BCUT2D eigenvalue weighted by atomic mass is 10.2. The minimum absolute atomic E-state index is 0.135. The molecule has 138 valence electrons. The normalized spacial score (nSPS) is 10.3. The molecule has 3 rings (SSSR count). The van der Waals surface area contributed by atoms with Gasteiger partial charge in [0, 0.05) is 22.9 Å². The van der Waals surface area contributed by atoms with Gasteiger partial charge in [-0.05, 0) is 54.1 Å². The highest BCUT2D eigenvalue weighted by atomic mass is 35.5. The fourth-order valence-corrected chi connectivity index (χ4v) is 2.79. The van der Waals surface area contributed by atoms with Crippen LogP contribution in [0.4, 0.5) is 11.4 Å². The molecule has 3 aromatic carbocycles. The van der Waals surface area contributed by atoms with Crippen LogP contribution in [0, 0.1) is 0 Å². The van der Waals surface area contributed by atoms with E-state index in [1.807, 2.05) is 42.5 Å². The van der Waals surface area contributed by atoms with E-state index in [0.29, 0.717) is 28.0 Å². The molecule has 27 heavy (non-hydrogen) atoms. The van der Waals surface area contributed by atoms with Gasteiger partial charge in [-0.25, -0.2) is 0 Å². The lowest BCUT2D eigenvalue weighted by Gasteiger charge is -2.11. The third-order valence-electron chi connectivity index (χ3n) is 3.75. The van der Waals surface area contributed by atoms with Crippen LogP contribution in [0.15, 0.2) is 72.8 Å². The van der Waals surface area contributed by atoms with Gasteiger partial charge in [-0.1, -0.05) is 47.5 Å². The summed E-state index contributed by atoms with van der Waals surface area (Å²) in [4.78, 5) is 12.0. The maximum absolute atomic E-state index is 12.0. The monoisotopic (exact) mass is 400 g/mol. The molecule has 1 amide bonds. The number of amides is 1. The highest BCUT2D eigenvalue weighted by molar-refractivity contribution is 6.32. The SMILES string of the molecule is O=C(COc1ccc(CNc2ccccc2)cc1Cl)Nc1ccc(Cl)cc1. The number of benzene rings is 3. The number of hydrogen-bond acceptors (Lipinski definition) is 3. The van der Waals surface area contributed by atoms with Crippen molar-refractivity contribution < 1.29 is 9.53 Å². The van der Waals surface area contributed by atoms with Crippen molar-refractivity contribution in [3.63, 3.8) is 0 Å². The average Bonchev–Trinajstić information content (AvgIpc) is 2.68. The van der Waals surface area contributed by atoms with Crippen LogP contribution in [0.1, 0.15) is 5.56 Å². The van der Waals surface area contributed by atoms with Crippen LogP contribution >= 0.6 is 23.2 Å². The van der Waals surface area contributed by atoms with Crippen molar-refractivity contribution in [3.8, 4) is 5.75 Å². The molecule has 0 fully saturated rings. The largest absolute Gasteiger partial charge is 0.482 e. The Balaban J connectivity index is 1.51. The van der Waals surface area contributed by atoms with Gasteiger partial charge in [0.15, 0.2) is 6.61 Å². The minimum atomic E-state index is -0.275. The fraction of sp³-hybridized carbons (Fsp3) is 0.0952. The Morgan fingerprint density at radius 1 is 0.889 bits per heavy atom. The van der Waals surface area contributed by atoms with Crippen LogP contribution in [0.5, 0.6) is 5.75 Å². The van der Waals surface area contributed by atoms with E-state index in [1.165, 1.54) is 0 Å². The summed E-state index contributed by atoms with van der Waals surface area (Å²) < 4.78 is 5.52. The fourth-order valence-electron chi connectivity index (χ4n) is 2.41. The number of ether oxygens (including phenoxy) is 1. The molecule has 0 radical (unpaired) electrons. The summed E-state index contributed by atoms with van der Waals surface area (Å²) in [5, 5.41) is 7.12. The Bertz CT molecular complexity index is 900. The molecular weight excluding hydrogens is 383 g/mol. The van der Waals surface area contributed by atoms with Crippen molar-refractivity contribution in [1.82, 2.24) is 0 Å². The first kappa shape index (κ1) is 19.1. The molecule has 6 heteroatoms. The van der Waals surface area contributed by atoms with Gasteiger partial charge < -0.3 is 15.4 Å². The Labute approximate surface area is 168 Å². The molecule has 4 nitrogen and oxygen atoms in total. The van der Waals surface area contributed by atoms with Gasteiger partial charge in [0.25, 0.3) is 5.91 Å². The van der Waals surface area contributed by atoms with Crippen LogP contribution < -0.4 is 15.4 Å². The van der Waals surface area contributed by atoms with Gasteiger partial charge in [-0.3, -0.25) is 4.79 Å². The number of anilines is 2. The van der Waals surface area contributed by atoms with Crippen LogP contribution in [-0.2, 0) is 11.3 Å². The van der Waals surface area contributed by atoms with Crippen LogP contribution in [-0.4, -0.2) is 12.5 Å². The zero-order valence-corrected chi connectivity index (χ0v) is 15.9. The summed E-state index contributed by atoms with van der Waals surface area (Å²) in [6.07, 6.45) is 0. The van der Waals surface area contributed by atoms with Crippen molar-refractivity contribution >= 4 is 40.5 Å². The summed E-state index contributed by atoms with van der Waals surface area (Å²) in [6, 6.07) is 22.3. The summed E-state index contributed by atoms with van der Waals surface area (Å²) in [6.45, 7) is 0.505. The van der Waals surface area contributed by atoms with Crippen LogP contribution in [0.25, 0.3) is 0 Å². The van der Waals surface area contributed by atoms with Crippen molar-refractivity contribution in [2.45, 2.75) is 6.54 Å².